The SMILES string of the molecule is Cc1cc(C)nc(N/C(=N/C(=S)Nc2ccc(Nc3ccccc3)cc2)N2CCN(c3cc(Cl)ccc3C)CC2)n1. The van der Waals surface area contributed by atoms with Crippen LogP contribution in [0, 0.1) is 20.8 Å². The van der Waals surface area contributed by atoms with Gasteiger partial charge in [-0.05, 0) is 93.1 Å². The summed E-state index contributed by atoms with van der Waals surface area (Å²) in [7, 11) is 0. The van der Waals surface area contributed by atoms with Gasteiger partial charge < -0.3 is 20.4 Å². The predicted molar refractivity (Wildman–Crippen MR) is 175 cm³/mol. The fourth-order valence-corrected chi connectivity index (χ4v) is 5.09. The van der Waals surface area contributed by atoms with E-state index in [2.05, 4.69) is 48.7 Å². The first-order chi connectivity index (χ1) is 19.8. The number of piperazine rings is 1. The molecule has 0 atom stereocenters. The van der Waals surface area contributed by atoms with Gasteiger partial charge in [0.25, 0.3) is 0 Å². The number of halogens is 1. The van der Waals surface area contributed by atoms with Crippen LogP contribution in [-0.2, 0) is 0 Å². The highest BCUT2D eigenvalue weighted by atomic mass is 35.5. The summed E-state index contributed by atoms with van der Waals surface area (Å²) in [5, 5.41) is 11.0. The lowest BCUT2D eigenvalue weighted by atomic mass is 10.1. The third kappa shape index (κ3) is 7.71. The van der Waals surface area contributed by atoms with Crippen molar-refractivity contribution < 1.29 is 0 Å². The van der Waals surface area contributed by atoms with E-state index in [4.69, 9.17) is 28.8 Å². The summed E-state index contributed by atoms with van der Waals surface area (Å²) in [5.41, 5.74) is 6.98. The number of thiocarbonyl (C=S) groups is 1. The van der Waals surface area contributed by atoms with Crippen molar-refractivity contribution in [2.45, 2.75) is 20.8 Å². The van der Waals surface area contributed by atoms with Crippen molar-refractivity contribution in [1.82, 2.24) is 14.9 Å². The van der Waals surface area contributed by atoms with Crippen LogP contribution >= 0.6 is 23.8 Å². The van der Waals surface area contributed by atoms with Crippen LogP contribution in [0.3, 0.4) is 0 Å². The maximum atomic E-state index is 6.29. The quantitative estimate of drug-likeness (QED) is 0.134. The van der Waals surface area contributed by atoms with Gasteiger partial charge >= 0.3 is 0 Å². The van der Waals surface area contributed by atoms with Crippen molar-refractivity contribution in [3.05, 3.63) is 101 Å². The molecule has 0 aliphatic carbocycles. The van der Waals surface area contributed by atoms with E-state index in [9.17, 15) is 0 Å². The fraction of sp³-hybridized carbons (Fsp3) is 0.226. The highest BCUT2D eigenvalue weighted by Crippen LogP contribution is 2.25. The third-order valence-corrected chi connectivity index (χ3v) is 7.13. The number of nitrogens with zero attached hydrogens (tertiary/aromatic N) is 5. The number of para-hydroxylation sites is 1. The highest BCUT2D eigenvalue weighted by Gasteiger charge is 2.22. The Hall–Kier alpha value is -4.21. The number of aryl methyl sites for hydroxylation is 3. The Balaban J connectivity index is 1.30. The lowest BCUT2D eigenvalue weighted by Crippen LogP contribution is -2.51. The summed E-state index contributed by atoms with van der Waals surface area (Å²) in [5.74, 6) is 1.10. The molecule has 3 aromatic carbocycles. The summed E-state index contributed by atoms with van der Waals surface area (Å²) in [6.07, 6.45) is 0. The van der Waals surface area contributed by atoms with Crippen LogP contribution in [0.2, 0.25) is 5.02 Å². The van der Waals surface area contributed by atoms with E-state index in [0.29, 0.717) is 17.0 Å². The molecule has 1 aliphatic rings. The van der Waals surface area contributed by atoms with E-state index in [-0.39, 0.29) is 0 Å². The van der Waals surface area contributed by atoms with E-state index in [1.165, 1.54) is 5.56 Å². The van der Waals surface area contributed by atoms with Crippen molar-refractivity contribution in [2.75, 3.05) is 47.0 Å². The van der Waals surface area contributed by atoms with Crippen LogP contribution in [0.15, 0.2) is 83.9 Å². The summed E-state index contributed by atoms with van der Waals surface area (Å²) in [4.78, 5) is 18.4. The van der Waals surface area contributed by atoms with Gasteiger partial charge in [-0.25, -0.2) is 9.97 Å². The number of nitrogens with one attached hydrogen (secondary N) is 3. The zero-order valence-corrected chi connectivity index (χ0v) is 24.9. The van der Waals surface area contributed by atoms with Crippen LogP contribution in [0.1, 0.15) is 17.0 Å². The van der Waals surface area contributed by atoms with Gasteiger partial charge in [0.15, 0.2) is 0 Å². The standard InChI is InChI=1S/C31H33ClN8S/c1-21-9-10-24(32)20-28(21)39-15-17-40(18-16-39)30(37-29-33-22(2)19-23(3)34-29)38-31(41)36-27-13-11-26(12-14-27)35-25-7-5-4-6-8-25/h4-14,19-20,35H,15-18H2,1-3H3,(H2,33,34,36,37,38,41). The van der Waals surface area contributed by atoms with Crippen molar-refractivity contribution in [2.24, 2.45) is 4.99 Å². The number of rotatable bonds is 5. The maximum Gasteiger partial charge on any atom is 0.229 e. The van der Waals surface area contributed by atoms with Crippen LogP contribution in [0.5, 0.6) is 0 Å². The van der Waals surface area contributed by atoms with Crippen molar-refractivity contribution in [3.63, 3.8) is 0 Å². The minimum atomic E-state index is 0.341. The molecule has 210 valence electrons. The molecule has 3 N–H and O–H groups in total. The molecule has 5 rings (SSSR count). The molecule has 0 saturated carbocycles. The smallest absolute Gasteiger partial charge is 0.229 e. The second-order valence-electron chi connectivity index (χ2n) is 9.94. The van der Waals surface area contributed by atoms with Gasteiger partial charge in [-0.1, -0.05) is 35.9 Å². The molecule has 0 spiro atoms. The zero-order chi connectivity index (χ0) is 28.8. The van der Waals surface area contributed by atoms with Gasteiger partial charge in [0.2, 0.25) is 17.0 Å². The first-order valence-electron chi connectivity index (χ1n) is 13.5. The maximum absolute atomic E-state index is 6.29. The summed E-state index contributed by atoms with van der Waals surface area (Å²) in [6, 6.07) is 26.0. The number of anilines is 5. The molecular weight excluding hydrogens is 552 g/mol. The lowest BCUT2D eigenvalue weighted by molar-refractivity contribution is 0.385. The molecule has 8 nitrogen and oxygen atoms in total. The second-order valence-corrected chi connectivity index (χ2v) is 10.8. The Labute approximate surface area is 251 Å². The first kappa shape index (κ1) is 28.3. The Morgan fingerprint density at radius 3 is 2.10 bits per heavy atom. The summed E-state index contributed by atoms with van der Waals surface area (Å²) < 4.78 is 0. The van der Waals surface area contributed by atoms with Crippen LogP contribution in [0.25, 0.3) is 0 Å². The van der Waals surface area contributed by atoms with Gasteiger partial charge in [0.1, 0.15) is 0 Å². The molecule has 1 aliphatic heterocycles. The predicted octanol–water partition coefficient (Wildman–Crippen LogP) is 6.79. The molecule has 2 heterocycles. The molecule has 1 aromatic heterocycles. The third-order valence-electron chi connectivity index (χ3n) is 6.70. The average molecular weight is 585 g/mol. The number of benzene rings is 3. The van der Waals surface area contributed by atoms with Crippen LogP contribution in [0.4, 0.5) is 28.7 Å². The van der Waals surface area contributed by atoms with Crippen molar-refractivity contribution >= 4 is 63.6 Å². The van der Waals surface area contributed by atoms with Gasteiger partial charge in [0, 0.05) is 65.3 Å². The molecule has 0 amide bonds. The molecule has 10 heteroatoms. The Morgan fingerprint density at radius 2 is 1.41 bits per heavy atom. The molecule has 0 radical (unpaired) electrons. The molecule has 1 saturated heterocycles. The molecule has 4 aromatic rings. The minimum Gasteiger partial charge on any atom is -0.368 e. The Bertz CT molecular complexity index is 1510. The van der Waals surface area contributed by atoms with E-state index < -0.39 is 0 Å². The molecular formula is C31H33ClN8S. The molecule has 41 heavy (non-hydrogen) atoms. The minimum absolute atomic E-state index is 0.341. The van der Waals surface area contributed by atoms with Crippen molar-refractivity contribution in [3.8, 4) is 0 Å². The summed E-state index contributed by atoms with van der Waals surface area (Å²) >= 11 is 12.0. The monoisotopic (exact) mass is 584 g/mol. The first-order valence-corrected chi connectivity index (χ1v) is 14.3. The number of hydrogen-bond acceptors (Lipinski definition) is 5. The Morgan fingerprint density at radius 1 is 0.780 bits per heavy atom. The number of aromatic nitrogens is 2. The number of guanidine groups is 1. The Kier molecular flexibility index (Phi) is 8.96. The number of hydrogen-bond donors (Lipinski definition) is 3. The molecule has 0 unspecified atom stereocenters. The van der Waals surface area contributed by atoms with Crippen LogP contribution < -0.4 is 20.9 Å². The zero-order valence-electron chi connectivity index (χ0n) is 23.4. The molecule has 0 bridgehead atoms. The molecule has 1 fully saturated rings. The largest absolute Gasteiger partial charge is 0.368 e. The van der Waals surface area contributed by atoms with E-state index in [1.807, 2.05) is 86.6 Å². The lowest BCUT2D eigenvalue weighted by Gasteiger charge is -2.38. The van der Waals surface area contributed by atoms with E-state index >= 15 is 0 Å². The van der Waals surface area contributed by atoms with Gasteiger partial charge in [-0.2, -0.15) is 4.99 Å². The van der Waals surface area contributed by atoms with E-state index in [1.54, 1.807) is 0 Å². The summed E-state index contributed by atoms with van der Waals surface area (Å²) in [6.45, 7) is 9.11. The van der Waals surface area contributed by atoms with E-state index in [0.717, 1.165) is 65.3 Å². The highest BCUT2D eigenvalue weighted by molar-refractivity contribution is 7.80. The second kappa shape index (κ2) is 13.0. The average Bonchev–Trinajstić information content (AvgIpc) is 2.95. The van der Waals surface area contributed by atoms with Gasteiger partial charge in [-0.3, -0.25) is 5.32 Å². The fourth-order valence-electron chi connectivity index (χ4n) is 4.71. The van der Waals surface area contributed by atoms with Crippen LogP contribution in [-0.4, -0.2) is 52.1 Å². The van der Waals surface area contributed by atoms with Crippen molar-refractivity contribution in [1.29, 1.82) is 0 Å². The van der Waals surface area contributed by atoms with Gasteiger partial charge in [0.05, 0.1) is 0 Å². The normalized spacial score (nSPS) is 13.6. The topological polar surface area (TPSA) is 80.7 Å². The number of aliphatic imine (C=N–C) groups is 1. The van der Waals surface area contributed by atoms with Gasteiger partial charge in [-0.15, -0.1) is 0 Å².